The van der Waals surface area contributed by atoms with Gasteiger partial charge in [0.25, 0.3) is 0 Å². The van der Waals surface area contributed by atoms with Crippen molar-refractivity contribution < 1.29 is 9.53 Å². The van der Waals surface area contributed by atoms with Gasteiger partial charge in [0.05, 0.1) is 7.11 Å². The standard InChI is InChI=1S/C16H21NO2/c1-19-15-4-2-13(3-5-15)16(18)11-14-10-12-6-8-17(14)9-7-12/h2-5,12,14H,6-11H2,1H3. The first-order valence-corrected chi connectivity index (χ1v) is 7.17. The van der Waals surface area contributed by atoms with Crippen LogP contribution in [0.1, 0.15) is 36.0 Å². The molecule has 3 aliphatic rings. The maximum atomic E-state index is 12.3. The lowest BCUT2D eigenvalue weighted by molar-refractivity contribution is 0.0428. The summed E-state index contributed by atoms with van der Waals surface area (Å²) in [5.41, 5.74) is 0.809. The topological polar surface area (TPSA) is 29.5 Å². The van der Waals surface area contributed by atoms with Crippen LogP contribution in [-0.4, -0.2) is 36.9 Å². The minimum atomic E-state index is 0.264. The van der Waals surface area contributed by atoms with Crippen LogP contribution in [-0.2, 0) is 0 Å². The molecular formula is C16H21NO2. The molecule has 19 heavy (non-hydrogen) atoms. The zero-order valence-corrected chi connectivity index (χ0v) is 11.5. The van der Waals surface area contributed by atoms with Gasteiger partial charge in [-0.25, -0.2) is 0 Å². The quantitative estimate of drug-likeness (QED) is 0.779. The van der Waals surface area contributed by atoms with Gasteiger partial charge < -0.3 is 4.74 Å². The molecule has 0 N–H and O–H groups in total. The van der Waals surface area contributed by atoms with Gasteiger partial charge in [0.1, 0.15) is 5.75 Å². The minimum absolute atomic E-state index is 0.264. The highest BCUT2D eigenvalue weighted by atomic mass is 16.5. The van der Waals surface area contributed by atoms with Crippen LogP contribution >= 0.6 is 0 Å². The number of carbonyl (C=O) groups excluding carboxylic acids is 1. The van der Waals surface area contributed by atoms with Gasteiger partial charge in [-0.05, 0) is 62.5 Å². The Bertz CT molecular complexity index is 446. The third-order valence-electron chi connectivity index (χ3n) is 4.60. The predicted molar refractivity (Wildman–Crippen MR) is 74.6 cm³/mol. The zero-order chi connectivity index (χ0) is 13.2. The highest BCUT2D eigenvalue weighted by Gasteiger charge is 2.34. The van der Waals surface area contributed by atoms with Crippen LogP contribution in [0.5, 0.6) is 5.75 Å². The highest BCUT2D eigenvalue weighted by molar-refractivity contribution is 5.96. The first kappa shape index (κ1) is 12.7. The molecule has 1 aromatic rings. The van der Waals surface area contributed by atoms with Gasteiger partial charge in [0, 0.05) is 18.0 Å². The fourth-order valence-electron chi connectivity index (χ4n) is 3.41. The van der Waals surface area contributed by atoms with Crippen LogP contribution in [0.2, 0.25) is 0 Å². The number of ether oxygens (including phenoxy) is 1. The van der Waals surface area contributed by atoms with Gasteiger partial charge in [0.15, 0.2) is 5.78 Å². The summed E-state index contributed by atoms with van der Waals surface area (Å²) in [6, 6.07) is 7.94. The fourth-order valence-corrected chi connectivity index (χ4v) is 3.41. The Morgan fingerprint density at radius 3 is 2.47 bits per heavy atom. The Morgan fingerprint density at radius 2 is 1.95 bits per heavy atom. The number of carbonyl (C=O) groups is 1. The highest BCUT2D eigenvalue weighted by Crippen LogP contribution is 2.33. The molecule has 0 amide bonds. The average molecular weight is 259 g/mol. The van der Waals surface area contributed by atoms with Crippen LogP contribution in [0.4, 0.5) is 0 Å². The van der Waals surface area contributed by atoms with Crippen molar-refractivity contribution in [3.05, 3.63) is 29.8 Å². The number of ketones is 1. The van der Waals surface area contributed by atoms with E-state index in [4.69, 9.17) is 4.74 Å². The van der Waals surface area contributed by atoms with Crippen molar-refractivity contribution in [3.8, 4) is 5.75 Å². The van der Waals surface area contributed by atoms with Gasteiger partial charge in [-0.15, -0.1) is 0 Å². The van der Waals surface area contributed by atoms with Crippen LogP contribution < -0.4 is 4.74 Å². The Morgan fingerprint density at radius 1 is 1.26 bits per heavy atom. The fraction of sp³-hybridized carbons (Fsp3) is 0.562. The molecule has 3 aliphatic heterocycles. The van der Waals surface area contributed by atoms with Gasteiger partial charge >= 0.3 is 0 Å². The third kappa shape index (κ3) is 2.66. The molecule has 102 valence electrons. The smallest absolute Gasteiger partial charge is 0.164 e. The minimum Gasteiger partial charge on any atom is -0.497 e. The van der Waals surface area contributed by atoms with Gasteiger partial charge in [-0.3, -0.25) is 9.69 Å². The van der Waals surface area contributed by atoms with Crippen LogP contribution in [0, 0.1) is 5.92 Å². The first-order valence-electron chi connectivity index (χ1n) is 7.17. The van der Waals surface area contributed by atoms with E-state index in [-0.39, 0.29) is 5.78 Å². The normalized spacial score (nSPS) is 29.2. The first-order chi connectivity index (χ1) is 9.26. The summed E-state index contributed by atoms with van der Waals surface area (Å²) in [6.45, 7) is 2.37. The molecule has 2 bridgehead atoms. The Hall–Kier alpha value is -1.35. The molecule has 1 unspecified atom stereocenters. The molecule has 0 saturated carbocycles. The van der Waals surface area contributed by atoms with E-state index in [0.29, 0.717) is 12.5 Å². The maximum absolute atomic E-state index is 12.3. The number of Topliss-reactive ketones (excluding diaryl/α,β-unsaturated/α-hetero) is 1. The number of hydrogen-bond donors (Lipinski definition) is 0. The molecule has 3 fully saturated rings. The molecule has 3 nitrogen and oxygen atoms in total. The molecule has 4 rings (SSSR count). The Labute approximate surface area is 114 Å². The average Bonchev–Trinajstić information content (AvgIpc) is 2.48. The van der Waals surface area contributed by atoms with E-state index in [1.165, 1.54) is 32.4 Å². The van der Waals surface area contributed by atoms with Crippen molar-refractivity contribution in [3.63, 3.8) is 0 Å². The molecule has 3 heteroatoms. The molecule has 1 aromatic carbocycles. The number of piperidine rings is 3. The van der Waals surface area contributed by atoms with Crippen molar-refractivity contribution in [2.75, 3.05) is 20.2 Å². The predicted octanol–water partition coefficient (Wildman–Crippen LogP) is 2.75. The van der Waals surface area contributed by atoms with Gasteiger partial charge in [0.2, 0.25) is 0 Å². The summed E-state index contributed by atoms with van der Waals surface area (Å²) in [5.74, 6) is 1.93. The number of fused-ring (bicyclic) bond motifs is 3. The van der Waals surface area contributed by atoms with Crippen molar-refractivity contribution in [1.82, 2.24) is 4.90 Å². The molecule has 0 aromatic heterocycles. The van der Waals surface area contributed by atoms with Crippen LogP contribution in [0.25, 0.3) is 0 Å². The number of benzene rings is 1. The molecular weight excluding hydrogens is 238 g/mol. The summed E-state index contributed by atoms with van der Waals surface area (Å²) >= 11 is 0. The van der Waals surface area contributed by atoms with Crippen molar-refractivity contribution in [1.29, 1.82) is 0 Å². The van der Waals surface area contributed by atoms with E-state index >= 15 is 0 Å². The Balaban J connectivity index is 1.64. The van der Waals surface area contributed by atoms with Gasteiger partial charge in [-0.1, -0.05) is 0 Å². The summed E-state index contributed by atoms with van der Waals surface area (Å²) in [6.07, 6.45) is 4.53. The lowest BCUT2D eigenvalue weighted by Crippen LogP contribution is -2.49. The summed E-state index contributed by atoms with van der Waals surface area (Å²) in [7, 11) is 1.64. The molecule has 0 aliphatic carbocycles. The summed E-state index contributed by atoms with van der Waals surface area (Å²) in [4.78, 5) is 14.8. The lowest BCUT2D eigenvalue weighted by atomic mass is 9.81. The van der Waals surface area contributed by atoms with Gasteiger partial charge in [-0.2, -0.15) is 0 Å². The second-order valence-corrected chi connectivity index (χ2v) is 5.72. The summed E-state index contributed by atoms with van der Waals surface area (Å²) < 4.78 is 5.12. The lowest BCUT2D eigenvalue weighted by Gasteiger charge is -2.45. The van der Waals surface area contributed by atoms with E-state index in [9.17, 15) is 4.79 Å². The van der Waals surface area contributed by atoms with Crippen LogP contribution in [0.15, 0.2) is 24.3 Å². The third-order valence-corrected chi connectivity index (χ3v) is 4.60. The van der Waals surface area contributed by atoms with Crippen molar-refractivity contribution in [2.45, 2.75) is 31.7 Å². The molecule has 0 spiro atoms. The second kappa shape index (κ2) is 5.33. The molecule has 1 atom stereocenters. The number of methoxy groups -OCH3 is 1. The molecule has 0 radical (unpaired) electrons. The Kier molecular flexibility index (Phi) is 3.56. The van der Waals surface area contributed by atoms with E-state index in [0.717, 1.165) is 17.2 Å². The monoisotopic (exact) mass is 259 g/mol. The van der Waals surface area contributed by atoms with Crippen LogP contribution in [0.3, 0.4) is 0 Å². The van der Waals surface area contributed by atoms with Crippen molar-refractivity contribution in [2.24, 2.45) is 5.92 Å². The number of hydrogen-bond acceptors (Lipinski definition) is 3. The second-order valence-electron chi connectivity index (χ2n) is 5.72. The van der Waals surface area contributed by atoms with E-state index in [2.05, 4.69) is 4.90 Å². The number of rotatable bonds is 4. The van der Waals surface area contributed by atoms with E-state index in [1.54, 1.807) is 7.11 Å². The SMILES string of the molecule is COc1ccc(C(=O)CC2CC3CCN2CC3)cc1. The van der Waals surface area contributed by atoms with E-state index < -0.39 is 0 Å². The number of nitrogens with zero attached hydrogens (tertiary/aromatic N) is 1. The largest absolute Gasteiger partial charge is 0.497 e. The molecule has 3 saturated heterocycles. The summed E-state index contributed by atoms with van der Waals surface area (Å²) in [5, 5.41) is 0. The zero-order valence-electron chi connectivity index (χ0n) is 11.5. The molecule has 3 heterocycles. The van der Waals surface area contributed by atoms with E-state index in [1.807, 2.05) is 24.3 Å². The maximum Gasteiger partial charge on any atom is 0.164 e. The van der Waals surface area contributed by atoms with Crippen molar-refractivity contribution >= 4 is 5.78 Å².